The molecular formula is C16H20N2O. The molecule has 100 valence electrons. The number of carbonyl (C=O) groups excluding carboxylic acids is 1. The number of hydrogen-bond donors (Lipinski definition) is 1. The summed E-state index contributed by atoms with van der Waals surface area (Å²) in [5, 5.41) is 3.43. The first-order valence-corrected chi connectivity index (χ1v) is 7.15. The first kappa shape index (κ1) is 12.4. The van der Waals surface area contributed by atoms with Crippen molar-refractivity contribution >= 4 is 11.6 Å². The Labute approximate surface area is 114 Å². The smallest absolute Gasteiger partial charge is 0.170 e. The Bertz CT molecular complexity index is 504. The Balaban J connectivity index is 1.65. The average Bonchev–Trinajstić information content (AvgIpc) is 2.81. The number of ketones is 1. The summed E-state index contributed by atoms with van der Waals surface area (Å²) in [5.41, 5.74) is 1.96. The zero-order chi connectivity index (χ0) is 13.2. The van der Waals surface area contributed by atoms with Crippen LogP contribution in [0.15, 0.2) is 29.3 Å². The molecule has 0 saturated heterocycles. The first-order chi connectivity index (χ1) is 9.22. The Morgan fingerprint density at radius 1 is 1.26 bits per heavy atom. The highest BCUT2D eigenvalue weighted by atomic mass is 16.1. The van der Waals surface area contributed by atoms with Crippen LogP contribution in [0.4, 0.5) is 0 Å². The van der Waals surface area contributed by atoms with Gasteiger partial charge in [0.2, 0.25) is 0 Å². The minimum Gasteiger partial charge on any atom is -0.369 e. The molecule has 1 aliphatic heterocycles. The van der Waals surface area contributed by atoms with E-state index >= 15 is 0 Å². The summed E-state index contributed by atoms with van der Waals surface area (Å²) < 4.78 is 0. The van der Waals surface area contributed by atoms with E-state index < -0.39 is 0 Å². The zero-order valence-electron chi connectivity index (χ0n) is 11.4. The number of nitrogens with zero attached hydrogens (tertiary/aromatic N) is 1. The van der Waals surface area contributed by atoms with Crippen LogP contribution in [-0.4, -0.2) is 23.7 Å². The molecule has 0 bridgehead atoms. The molecule has 2 aliphatic rings. The molecule has 1 aliphatic carbocycles. The topological polar surface area (TPSA) is 41.5 Å². The van der Waals surface area contributed by atoms with E-state index in [1.165, 1.54) is 31.2 Å². The van der Waals surface area contributed by atoms with Gasteiger partial charge < -0.3 is 5.32 Å². The quantitative estimate of drug-likeness (QED) is 0.845. The van der Waals surface area contributed by atoms with E-state index in [0.717, 1.165) is 11.4 Å². The predicted molar refractivity (Wildman–Crippen MR) is 76.7 cm³/mol. The van der Waals surface area contributed by atoms with Crippen LogP contribution >= 0.6 is 0 Å². The Morgan fingerprint density at radius 3 is 2.74 bits per heavy atom. The molecule has 3 heteroatoms. The number of carbonyl (C=O) groups is 1. The van der Waals surface area contributed by atoms with Gasteiger partial charge in [-0.15, -0.1) is 0 Å². The third kappa shape index (κ3) is 2.70. The van der Waals surface area contributed by atoms with Crippen LogP contribution in [0.5, 0.6) is 0 Å². The minimum absolute atomic E-state index is 0.157. The number of nitrogens with one attached hydrogen (secondary N) is 1. The van der Waals surface area contributed by atoms with E-state index in [4.69, 9.17) is 0 Å². The van der Waals surface area contributed by atoms with Gasteiger partial charge in [0.15, 0.2) is 5.78 Å². The lowest BCUT2D eigenvalue weighted by atomic mass is 9.92. The number of amidine groups is 1. The standard InChI is InChI=1S/C16H20N2O/c1-11-6-8-12(9-7-11)15(19)10-16-17-13-4-2-3-5-14(13)18-16/h6-9,13-14H,2-5,10H2,1H3,(H,17,18)/t13-,14+. The number of rotatable bonds is 3. The first-order valence-electron chi connectivity index (χ1n) is 7.15. The van der Waals surface area contributed by atoms with E-state index in [9.17, 15) is 4.79 Å². The summed E-state index contributed by atoms with van der Waals surface area (Å²) in [6.45, 7) is 2.03. The highest BCUT2D eigenvalue weighted by Crippen LogP contribution is 2.25. The minimum atomic E-state index is 0.157. The molecule has 1 N–H and O–H groups in total. The van der Waals surface area contributed by atoms with Gasteiger partial charge in [0.05, 0.1) is 12.5 Å². The van der Waals surface area contributed by atoms with E-state index in [1.807, 2.05) is 31.2 Å². The molecule has 0 radical (unpaired) electrons. The maximum atomic E-state index is 12.2. The molecule has 1 aromatic carbocycles. The van der Waals surface area contributed by atoms with Crippen LogP contribution < -0.4 is 5.32 Å². The summed E-state index contributed by atoms with van der Waals surface area (Å²) in [6, 6.07) is 8.66. The van der Waals surface area contributed by atoms with Gasteiger partial charge in [0.1, 0.15) is 5.84 Å². The van der Waals surface area contributed by atoms with E-state index in [2.05, 4.69) is 10.3 Å². The lowest BCUT2D eigenvalue weighted by Crippen LogP contribution is -2.37. The fourth-order valence-electron chi connectivity index (χ4n) is 2.98. The largest absolute Gasteiger partial charge is 0.369 e. The van der Waals surface area contributed by atoms with Crippen molar-refractivity contribution in [1.82, 2.24) is 5.32 Å². The maximum absolute atomic E-state index is 12.2. The second-order valence-electron chi connectivity index (χ2n) is 5.64. The number of hydrogen-bond acceptors (Lipinski definition) is 3. The van der Waals surface area contributed by atoms with Gasteiger partial charge in [0, 0.05) is 11.6 Å². The molecule has 1 fully saturated rings. The van der Waals surface area contributed by atoms with Crippen LogP contribution in [0, 0.1) is 6.92 Å². The molecule has 0 amide bonds. The second-order valence-corrected chi connectivity index (χ2v) is 5.64. The van der Waals surface area contributed by atoms with Crippen molar-refractivity contribution in [3.63, 3.8) is 0 Å². The summed E-state index contributed by atoms with van der Waals surface area (Å²) in [7, 11) is 0. The van der Waals surface area contributed by atoms with Crippen molar-refractivity contribution in [2.24, 2.45) is 4.99 Å². The molecule has 19 heavy (non-hydrogen) atoms. The van der Waals surface area contributed by atoms with Crippen molar-refractivity contribution in [1.29, 1.82) is 0 Å². The lowest BCUT2D eigenvalue weighted by molar-refractivity contribution is 0.1000. The van der Waals surface area contributed by atoms with Gasteiger partial charge in [-0.3, -0.25) is 9.79 Å². The Kier molecular flexibility index (Phi) is 3.36. The van der Waals surface area contributed by atoms with Crippen LogP contribution in [0.2, 0.25) is 0 Å². The van der Waals surface area contributed by atoms with Crippen molar-refractivity contribution in [3.05, 3.63) is 35.4 Å². The summed E-state index contributed by atoms with van der Waals surface area (Å²) in [6.07, 6.45) is 5.32. The molecule has 1 aromatic rings. The van der Waals surface area contributed by atoms with Gasteiger partial charge in [-0.25, -0.2) is 0 Å². The number of aliphatic imine (C=N–C) groups is 1. The molecule has 0 unspecified atom stereocenters. The highest BCUT2D eigenvalue weighted by Gasteiger charge is 2.31. The van der Waals surface area contributed by atoms with Crippen molar-refractivity contribution in [3.8, 4) is 0 Å². The number of aryl methyl sites for hydroxylation is 1. The van der Waals surface area contributed by atoms with Gasteiger partial charge in [-0.2, -0.15) is 0 Å². The molecular weight excluding hydrogens is 236 g/mol. The fraction of sp³-hybridized carbons (Fsp3) is 0.500. The summed E-state index contributed by atoms with van der Waals surface area (Å²) >= 11 is 0. The molecule has 1 saturated carbocycles. The van der Waals surface area contributed by atoms with Crippen LogP contribution in [0.3, 0.4) is 0 Å². The Morgan fingerprint density at radius 2 is 2.00 bits per heavy atom. The van der Waals surface area contributed by atoms with E-state index in [1.54, 1.807) is 0 Å². The summed E-state index contributed by atoms with van der Waals surface area (Å²) in [4.78, 5) is 16.9. The predicted octanol–water partition coefficient (Wildman–Crippen LogP) is 2.88. The molecule has 0 aromatic heterocycles. The van der Waals surface area contributed by atoms with Crippen molar-refractivity contribution in [2.45, 2.75) is 51.1 Å². The SMILES string of the molecule is Cc1ccc(C(=O)CC2=N[C@@H]3CCCC[C@@H]3N2)cc1. The van der Waals surface area contributed by atoms with Gasteiger partial charge in [-0.1, -0.05) is 42.7 Å². The molecule has 0 spiro atoms. The van der Waals surface area contributed by atoms with Crippen LogP contribution in [0.25, 0.3) is 0 Å². The zero-order valence-corrected chi connectivity index (χ0v) is 11.4. The third-order valence-electron chi connectivity index (χ3n) is 4.10. The van der Waals surface area contributed by atoms with Crippen LogP contribution in [0.1, 0.15) is 48.0 Å². The Hall–Kier alpha value is -1.64. The number of Topliss-reactive ketones (excluding diaryl/α,β-unsaturated/α-hetero) is 1. The average molecular weight is 256 g/mol. The molecule has 2 atom stereocenters. The number of benzene rings is 1. The highest BCUT2D eigenvalue weighted by molar-refractivity contribution is 6.09. The van der Waals surface area contributed by atoms with Crippen molar-refractivity contribution in [2.75, 3.05) is 0 Å². The second kappa shape index (κ2) is 5.16. The molecule has 1 heterocycles. The molecule has 3 nitrogen and oxygen atoms in total. The lowest BCUT2D eigenvalue weighted by Gasteiger charge is -2.23. The summed E-state index contributed by atoms with van der Waals surface area (Å²) in [5.74, 6) is 1.05. The van der Waals surface area contributed by atoms with E-state index in [0.29, 0.717) is 18.5 Å². The van der Waals surface area contributed by atoms with E-state index in [-0.39, 0.29) is 5.78 Å². The number of fused-ring (bicyclic) bond motifs is 1. The molecule has 3 rings (SSSR count). The van der Waals surface area contributed by atoms with Gasteiger partial charge >= 0.3 is 0 Å². The fourth-order valence-corrected chi connectivity index (χ4v) is 2.98. The maximum Gasteiger partial charge on any atom is 0.170 e. The monoisotopic (exact) mass is 256 g/mol. The van der Waals surface area contributed by atoms with Gasteiger partial charge in [-0.05, 0) is 19.8 Å². The normalized spacial score (nSPS) is 25.4. The third-order valence-corrected chi connectivity index (χ3v) is 4.10. The van der Waals surface area contributed by atoms with Crippen molar-refractivity contribution < 1.29 is 4.79 Å². The van der Waals surface area contributed by atoms with Crippen LogP contribution in [-0.2, 0) is 0 Å². The van der Waals surface area contributed by atoms with Gasteiger partial charge in [0.25, 0.3) is 0 Å².